The van der Waals surface area contributed by atoms with Crippen LogP contribution in [0.25, 0.3) is 0 Å². The molecule has 0 aliphatic carbocycles. The first-order chi connectivity index (χ1) is 9.25. The summed E-state index contributed by atoms with van der Waals surface area (Å²) in [5, 5.41) is 0. The van der Waals surface area contributed by atoms with Crippen LogP contribution in [0, 0.1) is 6.92 Å². The molecular weight excluding hydrogens is 252 g/mol. The molecule has 1 aliphatic rings. The number of ketones is 1. The van der Waals surface area contributed by atoms with E-state index in [0.717, 1.165) is 21.8 Å². The molecule has 0 saturated carbocycles. The molecule has 0 atom stereocenters. The molecule has 0 unspecified atom stereocenters. The minimum absolute atomic E-state index is 0.161. The van der Waals surface area contributed by atoms with Crippen molar-refractivity contribution in [3.05, 3.63) is 76.2 Å². The maximum Gasteiger partial charge on any atom is 0.200 e. The van der Waals surface area contributed by atoms with Gasteiger partial charge in [-0.05, 0) is 36.6 Å². The van der Waals surface area contributed by atoms with E-state index in [-0.39, 0.29) is 5.78 Å². The lowest BCUT2D eigenvalue weighted by molar-refractivity contribution is 0.104. The Morgan fingerprint density at radius 1 is 1.05 bits per heavy atom. The Bertz CT molecular complexity index is 670. The van der Waals surface area contributed by atoms with Crippen molar-refractivity contribution in [1.82, 2.24) is 0 Å². The van der Waals surface area contributed by atoms with Crippen LogP contribution < -0.4 is 0 Å². The Hall–Kier alpha value is -1.80. The zero-order valence-electron chi connectivity index (χ0n) is 10.7. The van der Waals surface area contributed by atoms with Crippen LogP contribution in [-0.4, -0.2) is 5.78 Å². The van der Waals surface area contributed by atoms with Gasteiger partial charge in [-0.2, -0.15) is 0 Å². The van der Waals surface area contributed by atoms with Gasteiger partial charge >= 0.3 is 0 Å². The van der Waals surface area contributed by atoms with Crippen molar-refractivity contribution in [2.45, 2.75) is 18.2 Å². The van der Waals surface area contributed by atoms with E-state index in [1.165, 1.54) is 11.1 Å². The Kier molecular flexibility index (Phi) is 3.26. The number of hydrogen-bond acceptors (Lipinski definition) is 2. The highest BCUT2D eigenvalue weighted by Gasteiger charge is 2.24. The predicted octanol–water partition coefficient (Wildman–Crippen LogP) is 4.41. The van der Waals surface area contributed by atoms with Crippen molar-refractivity contribution in [2.75, 3.05) is 0 Å². The van der Waals surface area contributed by atoms with Gasteiger partial charge < -0.3 is 0 Å². The molecule has 1 nitrogen and oxygen atoms in total. The molecule has 2 heteroatoms. The largest absolute Gasteiger partial charge is 0.288 e. The van der Waals surface area contributed by atoms with E-state index in [1.807, 2.05) is 36.4 Å². The van der Waals surface area contributed by atoms with Gasteiger partial charge in [0.25, 0.3) is 0 Å². The molecule has 0 saturated heterocycles. The predicted molar refractivity (Wildman–Crippen MR) is 79.6 cm³/mol. The number of thioether (sulfide) groups is 1. The highest BCUT2D eigenvalue weighted by molar-refractivity contribution is 8.04. The molecule has 94 valence electrons. The molecule has 0 fully saturated rings. The molecule has 2 aromatic carbocycles. The Labute approximate surface area is 117 Å². The Morgan fingerprint density at radius 2 is 1.79 bits per heavy atom. The van der Waals surface area contributed by atoms with Gasteiger partial charge in [-0.25, -0.2) is 0 Å². The van der Waals surface area contributed by atoms with Gasteiger partial charge in [0.15, 0.2) is 0 Å². The molecule has 2 aromatic rings. The average Bonchev–Trinajstić information content (AvgIpc) is 2.75. The highest BCUT2D eigenvalue weighted by atomic mass is 32.2. The molecule has 0 amide bonds. The van der Waals surface area contributed by atoms with E-state index in [9.17, 15) is 4.79 Å². The second-order valence-electron chi connectivity index (χ2n) is 4.63. The molecule has 0 N–H and O–H groups in total. The van der Waals surface area contributed by atoms with E-state index in [0.29, 0.717) is 0 Å². The van der Waals surface area contributed by atoms with E-state index in [2.05, 4.69) is 25.1 Å². The lowest BCUT2D eigenvalue weighted by Gasteiger charge is -2.02. The van der Waals surface area contributed by atoms with Crippen molar-refractivity contribution in [3.63, 3.8) is 0 Å². The minimum atomic E-state index is 0.161. The summed E-state index contributed by atoms with van der Waals surface area (Å²) in [7, 11) is 0. The van der Waals surface area contributed by atoms with E-state index in [4.69, 9.17) is 0 Å². The normalized spacial score (nSPS) is 15.8. The second-order valence-corrected chi connectivity index (χ2v) is 5.71. The van der Waals surface area contributed by atoms with Crippen LogP contribution in [0.4, 0.5) is 0 Å². The number of allylic oxidation sites excluding steroid dienone is 2. The van der Waals surface area contributed by atoms with Gasteiger partial charge in [0, 0.05) is 10.5 Å². The zero-order valence-corrected chi connectivity index (χ0v) is 11.5. The highest BCUT2D eigenvalue weighted by Crippen LogP contribution is 2.39. The summed E-state index contributed by atoms with van der Waals surface area (Å²) < 4.78 is 0. The maximum absolute atomic E-state index is 12.2. The van der Waals surface area contributed by atoms with E-state index in [1.54, 1.807) is 11.8 Å². The Balaban J connectivity index is 1.84. The number of Topliss-reactive ketones (excluding diaryl/α,β-unsaturated/α-hetero) is 1. The number of carbonyl (C=O) groups excluding carboxylic acids is 1. The quantitative estimate of drug-likeness (QED) is 0.749. The second kappa shape index (κ2) is 5.06. The molecular formula is C17H14OS. The van der Waals surface area contributed by atoms with Crippen molar-refractivity contribution >= 4 is 17.5 Å². The van der Waals surface area contributed by atoms with Crippen molar-refractivity contribution in [3.8, 4) is 0 Å². The summed E-state index contributed by atoms with van der Waals surface area (Å²) in [5.74, 6) is 0.161. The minimum Gasteiger partial charge on any atom is -0.288 e. The molecule has 0 spiro atoms. The first kappa shape index (κ1) is 12.2. The zero-order chi connectivity index (χ0) is 13.2. The summed E-state index contributed by atoms with van der Waals surface area (Å²) in [6.45, 7) is 2.10. The van der Waals surface area contributed by atoms with Crippen LogP contribution in [0.15, 0.2) is 64.4 Å². The van der Waals surface area contributed by atoms with Gasteiger partial charge in [-0.15, -0.1) is 0 Å². The molecule has 19 heavy (non-hydrogen) atoms. The monoisotopic (exact) mass is 266 g/mol. The summed E-state index contributed by atoms with van der Waals surface area (Å²) in [5.41, 5.74) is 3.38. The SMILES string of the molecule is Cc1ccccc1C/C=C1/Sc2ccccc2C1=O. The number of aryl methyl sites for hydroxylation is 1. The maximum atomic E-state index is 12.2. The molecule has 0 bridgehead atoms. The van der Waals surface area contributed by atoms with Crippen LogP contribution in [0.1, 0.15) is 21.5 Å². The third-order valence-electron chi connectivity index (χ3n) is 3.34. The average molecular weight is 266 g/mol. The lowest BCUT2D eigenvalue weighted by atomic mass is 10.0. The molecule has 1 aliphatic heterocycles. The van der Waals surface area contributed by atoms with Gasteiger partial charge in [-0.1, -0.05) is 54.2 Å². The first-order valence-electron chi connectivity index (χ1n) is 6.32. The fourth-order valence-corrected chi connectivity index (χ4v) is 3.24. The molecule has 1 heterocycles. The number of hydrogen-bond donors (Lipinski definition) is 0. The summed E-state index contributed by atoms with van der Waals surface area (Å²) >= 11 is 1.58. The van der Waals surface area contributed by atoms with Crippen LogP contribution in [0.2, 0.25) is 0 Å². The van der Waals surface area contributed by atoms with E-state index >= 15 is 0 Å². The third kappa shape index (κ3) is 2.36. The number of benzene rings is 2. The van der Waals surface area contributed by atoms with E-state index < -0.39 is 0 Å². The van der Waals surface area contributed by atoms with Gasteiger partial charge in [0.1, 0.15) is 0 Å². The molecule has 3 rings (SSSR count). The fraction of sp³-hybridized carbons (Fsp3) is 0.118. The molecule has 0 aromatic heterocycles. The van der Waals surface area contributed by atoms with Crippen molar-refractivity contribution in [1.29, 1.82) is 0 Å². The molecule has 0 radical (unpaired) electrons. The first-order valence-corrected chi connectivity index (χ1v) is 7.13. The van der Waals surface area contributed by atoms with Gasteiger partial charge in [0.2, 0.25) is 5.78 Å². The number of rotatable bonds is 2. The van der Waals surface area contributed by atoms with Crippen molar-refractivity contribution in [2.24, 2.45) is 0 Å². The smallest absolute Gasteiger partial charge is 0.200 e. The van der Waals surface area contributed by atoms with Crippen LogP contribution in [-0.2, 0) is 6.42 Å². The lowest BCUT2D eigenvalue weighted by Crippen LogP contribution is -1.95. The van der Waals surface area contributed by atoms with Crippen LogP contribution in [0.3, 0.4) is 0 Å². The number of carbonyl (C=O) groups is 1. The van der Waals surface area contributed by atoms with Gasteiger partial charge in [0.05, 0.1) is 4.91 Å². The standard InChI is InChI=1S/C17H14OS/c1-12-6-2-3-7-13(12)10-11-16-17(18)14-8-4-5-9-15(14)19-16/h2-9,11H,10H2,1H3/b16-11+. The summed E-state index contributed by atoms with van der Waals surface area (Å²) in [6.07, 6.45) is 2.87. The summed E-state index contributed by atoms with van der Waals surface area (Å²) in [6, 6.07) is 16.1. The van der Waals surface area contributed by atoms with Gasteiger partial charge in [-0.3, -0.25) is 4.79 Å². The fourth-order valence-electron chi connectivity index (χ4n) is 2.22. The topological polar surface area (TPSA) is 17.1 Å². The third-order valence-corrected chi connectivity index (χ3v) is 4.49. The van der Waals surface area contributed by atoms with Crippen molar-refractivity contribution < 1.29 is 4.79 Å². The summed E-state index contributed by atoms with van der Waals surface area (Å²) in [4.78, 5) is 14.1. The van der Waals surface area contributed by atoms with Crippen LogP contribution in [0.5, 0.6) is 0 Å². The van der Waals surface area contributed by atoms with Crippen LogP contribution >= 0.6 is 11.8 Å². The number of fused-ring (bicyclic) bond motifs is 1. The Morgan fingerprint density at radius 3 is 2.58 bits per heavy atom.